The molecule has 0 aromatic carbocycles. The zero-order chi connectivity index (χ0) is 9.12. The van der Waals surface area contributed by atoms with Gasteiger partial charge in [0.05, 0.1) is 0 Å². The lowest BCUT2D eigenvalue weighted by Crippen LogP contribution is -2.52. The minimum Gasteiger partial charge on any atom is -0.362 e. The largest absolute Gasteiger partial charge is 0.362 e. The molecule has 0 aliphatic rings. The SMILES string of the molecule is CCCCC(O)(O)C(C)(O)O. The fourth-order valence-electron chi connectivity index (χ4n) is 0.660. The summed E-state index contributed by atoms with van der Waals surface area (Å²) in [5.74, 6) is -4.84. The van der Waals surface area contributed by atoms with Crippen molar-refractivity contribution in [1.29, 1.82) is 0 Å². The highest BCUT2D eigenvalue weighted by molar-refractivity contribution is 4.77. The summed E-state index contributed by atoms with van der Waals surface area (Å²) < 4.78 is 0. The molecule has 0 aliphatic carbocycles. The van der Waals surface area contributed by atoms with Crippen molar-refractivity contribution in [2.45, 2.75) is 44.7 Å². The molecular weight excluding hydrogens is 148 g/mol. The zero-order valence-electron chi connectivity index (χ0n) is 6.91. The van der Waals surface area contributed by atoms with Crippen LogP contribution in [0.5, 0.6) is 0 Å². The Morgan fingerprint density at radius 3 is 1.82 bits per heavy atom. The van der Waals surface area contributed by atoms with E-state index in [1.54, 1.807) is 0 Å². The molecule has 0 aromatic rings. The number of aliphatic hydroxyl groups is 4. The van der Waals surface area contributed by atoms with Crippen LogP contribution in [0.1, 0.15) is 33.1 Å². The monoisotopic (exact) mass is 164 g/mol. The summed E-state index contributed by atoms with van der Waals surface area (Å²) in [5, 5.41) is 35.7. The van der Waals surface area contributed by atoms with Crippen molar-refractivity contribution >= 4 is 0 Å². The first-order chi connectivity index (χ1) is 4.81. The van der Waals surface area contributed by atoms with Crippen LogP contribution < -0.4 is 0 Å². The zero-order valence-corrected chi connectivity index (χ0v) is 6.91. The summed E-state index contributed by atoms with van der Waals surface area (Å²) in [4.78, 5) is 0. The second-order valence-corrected chi connectivity index (χ2v) is 2.94. The van der Waals surface area contributed by atoms with Crippen molar-refractivity contribution < 1.29 is 20.4 Å². The molecule has 0 saturated carbocycles. The van der Waals surface area contributed by atoms with Crippen molar-refractivity contribution in [3.05, 3.63) is 0 Å². The van der Waals surface area contributed by atoms with Gasteiger partial charge in [0, 0.05) is 6.42 Å². The highest BCUT2D eigenvalue weighted by Crippen LogP contribution is 2.22. The van der Waals surface area contributed by atoms with Gasteiger partial charge in [0.1, 0.15) is 0 Å². The Hall–Kier alpha value is -0.160. The molecule has 68 valence electrons. The van der Waals surface area contributed by atoms with Crippen molar-refractivity contribution in [2.75, 3.05) is 0 Å². The standard InChI is InChI=1S/C7H16O4/c1-3-4-5-7(10,11)6(2,8)9/h8-11H,3-5H2,1-2H3. The molecule has 0 amide bonds. The van der Waals surface area contributed by atoms with Crippen LogP contribution in [-0.4, -0.2) is 32.0 Å². The average molecular weight is 164 g/mol. The van der Waals surface area contributed by atoms with Crippen LogP contribution in [0.25, 0.3) is 0 Å². The number of hydrogen-bond donors (Lipinski definition) is 4. The van der Waals surface area contributed by atoms with Gasteiger partial charge in [-0.25, -0.2) is 0 Å². The van der Waals surface area contributed by atoms with E-state index < -0.39 is 11.6 Å². The molecule has 4 heteroatoms. The summed E-state index contributed by atoms with van der Waals surface area (Å²) in [6, 6.07) is 0. The summed E-state index contributed by atoms with van der Waals surface area (Å²) in [7, 11) is 0. The van der Waals surface area contributed by atoms with E-state index >= 15 is 0 Å². The molecule has 0 fully saturated rings. The molecule has 0 atom stereocenters. The van der Waals surface area contributed by atoms with Gasteiger partial charge in [-0.15, -0.1) is 0 Å². The maximum atomic E-state index is 9.04. The molecule has 0 spiro atoms. The predicted molar refractivity (Wildman–Crippen MR) is 39.5 cm³/mol. The second kappa shape index (κ2) is 3.49. The molecule has 0 unspecified atom stereocenters. The summed E-state index contributed by atoms with van der Waals surface area (Å²) in [6.45, 7) is 2.82. The van der Waals surface area contributed by atoms with E-state index in [0.717, 1.165) is 13.3 Å². The third kappa shape index (κ3) is 3.16. The molecule has 4 nitrogen and oxygen atoms in total. The summed E-state index contributed by atoms with van der Waals surface area (Å²) >= 11 is 0. The fraction of sp³-hybridized carbons (Fsp3) is 1.00. The molecule has 0 aromatic heterocycles. The van der Waals surface area contributed by atoms with E-state index in [1.165, 1.54) is 0 Å². The van der Waals surface area contributed by atoms with Gasteiger partial charge in [0.25, 0.3) is 0 Å². The lowest BCUT2D eigenvalue weighted by molar-refractivity contribution is -0.350. The first-order valence-corrected chi connectivity index (χ1v) is 3.71. The highest BCUT2D eigenvalue weighted by atomic mass is 16.6. The third-order valence-corrected chi connectivity index (χ3v) is 1.64. The van der Waals surface area contributed by atoms with Gasteiger partial charge in [-0.2, -0.15) is 0 Å². The third-order valence-electron chi connectivity index (χ3n) is 1.64. The number of unbranched alkanes of at least 4 members (excludes halogenated alkanes) is 1. The van der Waals surface area contributed by atoms with E-state index in [4.69, 9.17) is 20.4 Å². The Bertz CT molecular complexity index is 114. The first-order valence-electron chi connectivity index (χ1n) is 3.71. The van der Waals surface area contributed by atoms with Crippen LogP contribution in [0, 0.1) is 0 Å². The molecule has 0 aliphatic heterocycles. The molecule has 0 rings (SSSR count). The number of rotatable bonds is 4. The van der Waals surface area contributed by atoms with Crippen molar-refractivity contribution in [1.82, 2.24) is 0 Å². The van der Waals surface area contributed by atoms with Gasteiger partial charge < -0.3 is 20.4 Å². The van der Waals surface area contributed by atoms with Crippen LogP contribution in [0.2, 0.25) is 0 Å². The van der Waals surface area contributed by atoms with Gasteiger partial charge in [-0.1, -0.05) is 13.3 Å². The van der Waals surface area contributed by atoms with Crippen LogP contribution in [0.3, 0.4) is 0 Å². The van der Waals surface area contributed by atoms with E-state index in [0.29, 0.717) is 6.42 Å². The van der Waals surface area contributed by atoms with Crippen LogP contribution in [0.4, 0.5) is 0 Å². The van der Waals surface area contributed by atoms with E-state index in [9.17, 15) is 0 Å². The minimum atomic E-state index is -2.44. The second-order valence-electron chi connectivity index (χ2n) is 2.94. The molecule has 11 heavy (non-hydrogen) atoms. The Labute approximate surface area is 66.1 Å². The van der Waals surface area contributed by atoms with Crippen LogP contribution in [-0.2, 0) is 0 Å². The Morgan fingerprint density at radius 2 is 1.55 bits per heavy atom. The minimum absolute atomic E-state index is 0.0347. The van der Waals surface area contributed by atoms with Crippen LogP contribution in [0.15, 0.2) is 0 Å². The highest BCUT2D eigenvalue weighted by Gasteiger charge is 2.41. The van der Waals surface area contributed by atoms with E-state index in [-0.39, 0.29) is 6.42 Å². The smallest absolute Gasteiger partial charge is 0.218 e. The van der Waals surface area contributed by atoms with Gasteiger partial charge in [0.15, 0.2) is 0 Å². The summed E-state index contributed by atoms with van der Waals surface area (Å²) in [6.07, 6.45) is 1.29. The van der Waals surface area contributed by atoms with Crippen molar-refractivity contribution in [2.24, 2.45) is 0 Å². The fourth-order valence-corrected chi connectivity index (χ4v) is 0.660. The quantitative estimate of drug-likeness (QED) is 0.424. The average Bonchev–Trinajstić information content (AvgIpc) is 1.81. The van der Waals surface area contributed by atoms with Gasteiger partial charge >= 0.3 is 0 Å². The predicted octanol–water partition coefficient (Wildman–Crippen LogP) is -0.442. The molecule has 4 N–H and O–H groups in total. The molecule has 0 heterocycles. The lowest BCUT2D eigenvalue weighted by atomic mass is 10.0. The molecule has 0 bridgehead atoms. The normalized spacial score (nSPS) is 13.6. The Balaban J connectivity index is 4.00. The molecule has 0 saturated heterocycles. The molecular formula is C7H16O4. The van der Waals surface area contributed by atoms with E-state index in [1.807, 2.05) is 6.92 Å². The summed E-state index contributed by atoms with van der Waals surface area (Å²) in [5.41, 5.74) is 0. The maximum Gasteiger partial charge on any atom is 0.218 e. The molecule has 0 radical (unpaired) electrons. The first kappa shape index (κ1) is 10.8. The van der Waals surface area contributed by atoms with Gasteiger partial charge in [-0.05, 0) is 13.3 Å². The Kier molecular flexibility index (Phi) is 3.44. The van der Waals surface area contributed by atoms with Gasteiger partial charge in [0.2, 0.25) is 11.6 Å². The van der Waals surface area contributed by atoms with E-state index in [2.05, 4.69) is 0 Å². The lowest BCUT2D eigenvalue weighted by Gasteiger charge is -2.31. The van der Waals surface area contributed by atoms with Crippen molar-refractivity contribution in [3.63, 3.8) is 0 Å². The van der Waals surface area contributed by atoms with Crippen LogP contribution >= 0.6 is 0 Å². The number of hydrogen-bond acceptors (Lipinski definition) is 4. The maximum absolute atomic E-state index is 9.04. The van der Waals surface area contributed by atoms with Gasteiger partial charge in [-0.3, -0.25) is 0 Å². The van der Waals surface area contributed by atoms with Crippen molar-refractivity contribution in [3.8, 4) is 0 Å². The Morgan fingerprint density at radius 1 is 1.09 bits per heavy atom. The topological polar surface area (TPSA) is 80.9 Å².